The van der Waals surface area contributed by atoms with Gasteiger partial charge in [-0.25, -0.2) is 0 Å². The van der Waals surface area contributed by atoms with Crippen molar-refractivity contribution in [2.45, 2.75) is 25.3 Å². The summed E-state index contributed by atoms with van der Waals surface area (Å²) in [6.45, 7) is 0.855. The first kappa shape index (κ1) is 11.2. The topological polar surface area (TPSA) is 77.0 Å². The van der Waals surface area contributed by atoms with Crippen LogP contribution in [0.2, 0.25) is 0 Å². The van der Waals surface area contributed by atoms with Crippen LogP contribution in [0.3, 0.4) is 0 Å². The zero-order chi connectivity index (χ0) is 12.4. The van der Waals surface area contributed by atoms with E-state index in [1.165, 1.54) is 17.5 Å². The lowest BCUT2D eigenvalue weighted by Gasteiger charge is -2.13. The van der Waals surface area contributed by atoms with Gasteiger partial charge in [0.25, 0.3) is 0 Å². The number of rotatable bonds is 4. The van der Waals surface area contributed by atoms with E-state index in [2.05, 4.69) is 27.6 Å². The van der Waals surface area contributed by atoms with Gasteiger partial charge in [0.2, 0.25) is 6.39 Å². The van der Waals surface area contributed by atoms with E-state index in [4.69, 9.17) is 10.3 Å². The standard InChI is InChI=1S/C13H16N4O/c14-10-2-3-11-9(7-10)1-4-12(11)15-6-5-13-16-8-18-17-13/h2-3,7-8,12,15H,1,4-6,14H2. The first-order chi connectivity index (χ1) is 8.83. The van der Waals surface area contributed by atoms with Crippen molar-refractivity contribution < 1.29 is 4.52 Å². The molecule has 1 atom stereocenters. The molecule has 0 fully saturated rings. The van der Waals surface area contributed by atoms with E-state index in [0.717, 1.165) is 37.3 Å². The molecule has 1 aliphatic carbocycles. The molecule has 1 aromatic heterocycles. The number of benzene rings is 1. The molecule has 5 heteroatoms. The Morgan fingerprint density at radius 3 is 3.22 bits per heavy atom. The number of nitrogens with one attached hydrogen (secondary N) is 1. The van der Waals surface area contributed by atoms with E-state index in [-0.39, 0.29) is 0 Å². The predicted octanol–water partition coefficient (Wildman–Crippen LogP) is 1.47. The van der Waals surface area contributed by atoms with Crippen LogP contribution >= 0.6 is 0 Å². The second-order valence-electron chi connectivity index (χ2n) is 4.60. The molecule has 1 aromatic carbocycles. The minimum atomic E-state index is 0.424. The number of hydrogen-bond donors (Lipinski definition) is 2. The lowest BCUT2D eigenvalue weighted by Crippen LogP contribution is -2.22. The van der Waals surface area contributed by atoms with Gasteiger partial charge >= 0.3 is 0 Å². The van der Waals surface area contributed by atoms with E-state index < -0.39 is 0 Å². The van der Waals surface area contributed by atoms with Crippen molar-refractivity contribution in [3.05, 3.63) is 41.5 Å². The van der Waals surface area contributed by atoms with Gasteiger partial charge in [-0.2, -0.15) is 4.98 Å². The molecule has 2 aromatic rings. The molecule has 3 rings (SSSR count). The Morgan fingerprint density at radius 2 is 2.39 bits per heavy atom. The molecule has 0 spiro atoms. The summed E-state index contributed by atoms with van der Waals surface area (Å²) in [4.78, 5) is 4.00. The predicted molar refractivity (Wildman–Crippen MR) is 67.9 cm³/mol. The van der Waals surface area contributed by atoms with Crippen molar-refractivity contribution in [3.8, 4) is 0 Å². The van der Waals surface area contributed by atoms with Crippen LogP contribution in [0.5, 0.6) is 0 Å². The number of aryl methyl sites for hydroxylation is 1. The van der Waals surface area contributed by atoms with E-state index >= 15 is 0 Å². The third-order valence-corrected chi connectivity index (χ3v) is 3.39. The summed E-state index contributed by atoms with van der Waals surface area (Å²) in [5, 5.41) is 7.33. The highest BCUT2D eigenvalue weighted by Gasteiger charge is 2.21. The fraction of sp³-hybridized carbons (Fsp3) is 0.385. The van der Waals surface area contributed by atoms with E-state index in [1.807, 2.05) is 6.07 Å². The van der Waals surface area contributed by atoms with Crippen LogP contribution in [0.25, 0.3) is 0 Å². The Hall–Kier alpha value is -1.88. The van der Waals surface area contributed by atoms with Gasteiger partial charge in [0.05, 0.1) is 0 Å². The SMILES string of the molecule is Nc1ccc2c(c1)CCC2NCCc1ncon1. The molecule has 1 heterocycles. The summed E-state index contributed by atoms with van der Waals surface area (Å²) in [5.41, 5.74) is 9.38. The Labute approximate surface area is 105 Å². The lowest BCUT2D eigenvalue weighted by molar-refractivity contribution is 0.408. The number of aromatic nitrogens is 2. The third-order valence-electron chi connectivity index (χ3n) is 3.39. The van der Waals surface area contributed by atoms with E-state index in [0.29, 0.717) is 6.04 Å². The number of nitrogens with two attached hydrogens (primary N) is 1. The fourth-order valence-electron chi connectivity index (χ4n) is 2.51. The summed E-state index contributed by atoms with van der Waals surface area (Å²) in [7, 11) is 0. The number of nitrogen functional groups attached to an aromatic ring is 1. The first-order valence-corrected chi connectivity index (χ1v) is 6.20. The largest absolute Gasteiger partial charge is 0.399 e. The van der Waals surface area contributed by atoms with Crippen LogP contribution in [0.1, 0.15) is 29.4 Å². The van der Waals surface area contributed by atoms with Crippen LogP contribution in [-0.4, -0.2) is 16.7 Å². The van der Waals surface area contributed by atoms with Crippen LogP contribution in [0.15, 0.2) is 29.1 Å². The monoisotopic (exact) mass is 244 g/mol. The average Bonchev–Trinajstić information content (AvgIpc) is 2.99. The van der Waals surface area contributed by atoms with E-state index in [9.17, 15) is 0 Å². The summed E-state index contributed by atoms with van der Waals surface area (Å²) in [5.74, 6) is 0.748. The van der Waals surface area contributed by atoms with E-state index in [1.54, 1.807) is 0 Å². The lowest BCUT2D eigenvalue weighted by atomic mass is 10.1. The molecule has 0 aliphatic heterocycles. The summed E-state index contributed by atoms with van der Waals surface area (Å²) in [6, 6.07) is 6.60. The summed E-state index contributed by atoms with van der Waals surface area (Å²) < 4.78 is 4.70. The Balaban J connectivity index is 1.59. The normalized spacial score (nSPS) is 17.9. The molecule has 0 amide bonds. The van der Waals surface area contributed by atoms with Gasteiger partial charge in [-0.1, -0.05) is 11.2 Å². The number of fused-ring (bicyclic) bond motifs is 1. The second kappa shape index (κ2) is 4.78. The number of anilines is 1. The smallest absolute Gasteiger partial charge is 0.213 e. The van der Waals surface area contributed by atoms with Crippen LogP contribution in [0, 0.1) is 0 Å². The van der Waals surface area contributed by atoms with Crippen molar-refractivity contribution in [2.75, 3.05) is 12.3 Å². The van der Waals surface area contributed by atoms with Gasteiger partial charge in [-0.05, 0) is 36.1 Å². The molecule has 1 aliphatic rings. The highest BCUT2D eigenvalue weighted by atomic mass is 16.5. The molecule has 0 radical (unpaired) electrons. The molecular weight excluding hydrogens is 228 g/mol. The Kier molecular flexibility index (Phi) is 2.98. The van der Waals surface area contributed by atoms with Gasteiger partial charge < -0.3 is 15.6 Å². The number of hydrogen-bond acceptors (Lipinski definition) is 5. The van der Waals surface area contributed by atoms with Crippen molar-refractivity contribution in [2.24, 2.45) is 0 Å². The van der Waals surface area contributed by atoms with Crippen molar-refractivity contribution in [1.82, 2.24) is 15.5 Å². The maximum atomic E-state index is 5.79. The zero-order valence-electron chi connectivity index (χ0n) is 10.1. The highest BCUT2D eigenvalue weighted by molar-refractivity contribution is 5.47. The van der Waals surface area contributed by atoms with Gasteiger partial charge in [-0.3, -0.25) is 0 Å². The van der Waals surface area contributed by atoms with Crippen molar-refractivity contribution in [1.29, 1.82) is 0 Å². The maximum Gasteiger partial charge on any atom is 0.213 e. The first-order valence-electron chi connectivity index (χ1n) is 6.20. The average molecular weight is 244 g/mol. The molecule has 5 nitrogen and oxygen atoms in total. The fourth-order valence-corrected chi connectivity index (χ4v) is 2.51. The Bertz CT molecular complexity index is 524. The molecule has 0 bridgehead atoms. The third kappa shape index (κ3) is 2.22. The molecule has 0 saturated heterocycles. The van der Waals surface area contributed by atoms with Gasteiger partial charge in [-0.15, -0.1) is 0 Å². The summed E-state index contributed by atoms with van der Waals surface area (Å²) >= 11 is 0. The molecule has 18 heavy (non-hydrogen) atoms. The second-order valence-corrected chi connectivity index (χ2v) is 4.60. The summed E-state index contributed by atoms with van der Waals surface area (Å²) in [6.07, 6.45) is 4.38. The molecular formula is C13H16N4O. The maximum absolute atomic E-state index is 5.79. The molecule has 0 saturated carbocycles. The van der Waals surface area contributed by atoms with Gasteiger partial charge in [0.1, 0.15) is 0 Å². The minimum absolute atomic E-state index is 0.424. The quantitative estimate of drug-likeness (QED) is 0.796. The molecule has 94 valence electrons. The van der Waals surface area contributed by atoms with Crippen LogP contribution in [-0.2, 0) is 12.8 Å². The number of nitrogens with zero attached hydrogens (tertiary/aromatic N) is 2. The minimum Gasteiger partial charge on any atom is -0.399 e. The Morgan fingerprint density at radius 1 is 1.44 bits per heavy atom. The van der Waals surface area contributed by atoms with Crippen molar-refractivity contribution in [3.63, 3.8) is 0 Å². The van der Waals surface area contributed by atoms with Gasteiger partial charge in [0.15, 0.2) is 5.82 Å². The molecule has 3 N–H and O–H groups in total. The molecule has 1 unspecified atom stereocenters. The van der Waals surface area contributed by atoms with Crippen LogP contribution in [0.4, 0.5) is 5.69 Å². The van der Waals surface area contributed by atoms with Crippen molar-refractivity contribution >= 4 is 5.69 Å². The van der Waals surface area contributed by atoms with Crippen LogP contribution < -0.4 is 11.1 Å². The van der Waals surface area contributed by atoms with Gasteiger partial charge in [0, 0.05) is 24.7 Å². The highest BCUT2D eigenvalue weighted by Crippen LogP contribution is 2.32. The zero-order valence-corrected chi connectivity index (χ0v) is 10.1.